The third kappa shape index (κ3) is 4.35. The van der Waals surface area contributed by atoms with Gasteiger partial charge >= 0.3 is 0 Å². The summed E-state index contributed by atoms with van der Waals surface area (Å²) in [6.45, 7) is 1.86. The monoisotopic (exact) mass is 514 g/mol. The second kappa shape index (κ2) is 9.25. The summed E-state index contributed by atoms with van der Waals surface area (Å²) in [5, 5.41) is 6.95. The number of rotatable bonds is 5. The van der Waals surface area contributed by atoms with Crippen LogP contribution in [0.1, 0.15) is 33.8 Å². The number of methoxy groups -OCH3 is 1. The molecule has 188 valence electrons. The molecule has 0 aliphatic heterocycles. The van der Waals surface area contributed by atoms with Crippen molar-refractivity contribution in [1.82, 2.24) is 14.9 Å². The summed E-state index contributed by atoms with van der Waals surface area (Å²) < 4.78 is 49.5. The molecule has 5 rings (SSSR count). The Labute approximate surface area is 209 Å². The zero-order chi connectivity index (χ0) is 25.6. The van der Waals surface area contributed by atoms with Crippen molar-refractivity contribution in [3.8, 4) is 28.0 Å². The molecule has 6 nitrogen and oxygen atoms in total. The van der Waals surface area contributed by atoms with Crippen LogP contribution in [0.4, 0.5) is 13.2 Å². The number of nitrogens with two attached hydrogens (primary N) is 1. The average Bonchev–Trinajstić information content (AvgIpc) is 3.44. The standard InChI is InChI=1S/C26H25F3N4O2S/c1-14-18(11-22(36-14)25(34)32-24-20(30)4-3-9-26(24,28)29)19-12-31-33-13-16(10-21(35-2)23(19)33)15-5-7-17(27)8-6-15/h5-8,10-13,20,24H,3-4,9,30H2,1-2H3,(H,32,34)/t20-,24-/m1/s1. The summed E-state index contributed by atoms with van der Waals surface area (Å²) >= 11 is 1.22. The quantitative estimate of drug-likeness (QED) is 0.372. The smallest absolute Gasteiger partial charge is 0.269 e. The Morgan fingerprint density at radius 1 is 1.22 bits per heavy atom. The van der Waals surface area contributed by atoms with Crippen molar-refractivity contribution in [3.63, 3.8) is 0 Å². The average molecular weight is 515 g/mol. The van der Waals surface area contributed by atoms with Gasteiger partial charge in [0, 0.05) is 40.2 Å². The molecule has 1 amide bonds. The van der Waals surface area contributed by atoms with E-state index in [0.717, 1.165) is 27.1 Å². The molecule has 1 aliphatic carbocycles. The van der Waals surface area contributed by atoms with Gasteiger partial charge in [-0.2, -0.15) is 5.10 Å². The largest absolute Gasteiger partial charge is 0.494 e. The number of hydrogen-bond acceptors (Lipinski definition) is 5. The van der Waals surface area contributed by atoms with Crippen LogP contribution in [-0.2, 0) is 0 Å². The van der Waals surface area contributed by atoms with Gasteiger partial charge in [-0.15, -0.1) is 11.3 Å². The molecule has 0 radical (unpaired) electrons. The highest BCUT2D eigenvalue weighted by atomic mass is 32.1. The maximum absolute atomic E-state index is 14.4. The van der Waals surface area contributed by atoms with Gasteiger partial charge in [0.25, 0.3) is 11.8 Å². The topological polar surface area (TPSA) is 81.7 Å². The van der Waals surface area contributed by atoms with Gasteiger partial charge in [-0.1, -0.05) is 12.1 Å². The molecule has 3 aromatic heterocycles. The molecule has 36 heavy (non-hydrogen) atoms. The van der Waals surface area contributed by atoms with Gasteiger partial charge in [0.1, 0.15) is 23.1 Å². The maximum atomic E-state index is 14.4. The van der Waals surface area contributed by atoms with Gasteiger partial charge in [-0.05, 0) is 49.6 Å². The van der Waals surface area contributed by atoms with Crippen molar-refractivity contribution in [3.05, 3.63) is 64.4 Å². The van der Waals surface area contributed by atoms with Crippen LogP contribution in [0.5, 0.6) is 5.75 Å². The second-order valence-corrected chi connectivity index (χ2v) is 10.3. The first-order chi connectivity index (χ1) is 17.2. The summed E-state index contributed by atoms with van der Waals surface area (Å²) in [6, 6.07) is 7.47. The SMILES string of the molecule is COc1cc(-c2ccc(F)cc2)cn2ncc(-c3cc(C(=O)N[C@@H]4[C@H](N)CCCC4(F)F)sc3C)c12. The van der Waals surface area contributed by atoms with Crippen molar-refractivity contribution >= 4 is 22.8 Å². The van der Waals surface area contributed by atoms with Gasteiger partial charge in [0.15, 0.2) is 0 Å². The van der Waals surface area contributed by atoms with Gasteiger partial charge in [0.05, 0.1) is 18.2 Å². The predicted octanol–water partition coefficient (Wildman–Crippen LogP) is 5.43. The number of benzene rings is 1. The number of nitrogens with one attached hydrogen (secondary N) is 1. The van der Waals surface area contributed by atoms with Crippen molar-refractivity contribution in [2.24, 2.45) is 5.73 Å². The molecule has 0 saturated heterocycles. The van der Waals surface area contributed by atoms with E-state index in [1.54, 1.807) is 36.0 Å². The number of nitrogens with zero attached hydrogens (tertiary/aromatic N) is 2. The van der Waals surface area contributed by atoms with Gasteiger partial charge in [-0.3, -0.25) is 4.79 Å². The zero-order valence-electron chi connectivity index (χ0n) is 19.7. The lowest BCUT2D eigenvalue weighted by Crippen LogP contribution is -2.59. The molecule has 4 aromatic rings. The summed E-state index contributed by atoms with van der Waals surface area (Å²) in [7, 11) is 1.55. The van der Waals surface area contributed by atoms with E-state index in [1.807, 2.05) is 19.2 Å². The Hall–Kier alpha value is -3.37. The molecule has 10 heteroatoms. The van der Waals surface area contributed by atoms with Crippen LogP contribution in [0.3, 0.4) is 0 Å². The van der Waals surface area contributed by atoms with Crippen LogP contribution < -0.4 is 15.8 Å². The maximum Gasteiger partial charge on any atom is 0.269 e. The minimum absolute atomic E-state index is 0.289. The number of fused-ring (bicyclic) bond motifs is 1. The number of ether oxygens (including phenoxy) is 1. The molecule has 0 spiro atoms. The molecule has 1 aliphatic rings. The zero-order valence-corrected chi connectivity index (χ0v) is 20.5. The molecule has 1 fully saturated rings. The van der Waals surface area contributed by atoms with E-state index in [-0.39, 0.29) is 12.2 Å². The van der Waals surface area contributed by atoms with Crippen LogP contribution >= 0.6 is 11.3 Å². The number of carbonyl (C=O) groups excluding carboxylic acids is 1. The first kappa shape index (κ1) is 24.3. The summed E-state index contributed by atoms with van der Waals surface area (Å²) in [4.78, 5) is 14.1. The lowest BCUT2D eigenvalue weighted by molar-refractivity contribution is -0.0674. The van der Waals surface area contributed by atoms with Gasteiger partial charge in [0.2, 0.25) is 0 Å². The number of aromatic nitrogens is 2. The minimum Gasteiger partial charge on any atom is -0.494 e. The Balaban J connectivity index is 1.49. The fraction of sp³-hybridized carbons (Fsp3) is 0.308. The molecule has 3 N–H and O–H groups in total. The fourth-order valence-corrected chi connectivity index (χ4v) is 5.67. The Kier molecular flexibility index (Phi) is 6.25. The predicted molar refractivity (Wildman–Crippen MR) is 133 cm³/mol. The van der Waals surface area contributed by atoms with Crippen molar-refractivity contribution in [1.29, 1.82) is 0 Å². The highest BCUT2D eigenvalue weighted by Crippen LogP contribution is 2.39. The van der Waals surface area contributed by atoms with Gasteiger partial charge < -0.3 is 15.8 Å². The lowest BCUT2D eigenvalue weighted by Gasteiger charge is -2.36. The summed E-state index contributed by atoms with van der Waals surface area (Å²) in [6.07, 6.45) is 3.98. The Bertz CT molecular complexity index is 1430. The summed E-state index contributed by atoms with van der Waals surface area (Å²) in [5.41, 5.74) is 9.70. The Morgan fingerprint density at radius 3 is 2.67 bits per heavy atom. The number of hydrogen-bond donors (Lipinski definition) is 2. The van der Waals surface area contributed by atoms with Crippen molar-refractivity contribution < 1.29 is 22.7 Å². The third-order valence-electron chi connectivity index (χ3n) is 6.62. The third-order valence-corrected chi connectivity index (χ3v) is 7.67. The molecular weight excluding hydrogens is 489 g/mol. The number of alkyl halides is 2. The Morgan fingerprint density at radius 2 is 1.97 bits per heavy atom. The van der Waals surface area contributed by atoms with Gasteiger partial charge in [-0.25, -0.2) is 17.7 Å². The highest BCUT2D eigenvalue weighted by molar-refractivity contribution is 7.14. The first-order valence-corrected chi connectivity index (χ1v) is 12.4. The van der Waals surface area contributed by atoms with Crippen LogP contribution in [0.25, 0.3) is 27.8 Å². The molecule has 2 atom stereocenters. The number of aryl methyl sites for hydroxylation is 1. The normalized spacial score (nSPS) is 19.4. The fourth-order valence-electron chi connectivity index (χ4n) is 4.73. The van der Waals surface area contributed by atoms with E-state index in [2.05, 4.69) is 10.4 Å². The summed E-state index contributed by atoms with van der Waals surface area (Å²) in [5.74, 6) is -3.39. The van der Waals surface area contributed by atoms with Crippen molar-refractivity contribution in [2.45, 2.75) is 44.2 Å². The number of carbonyl (C=O) groups is 1. The van der Waals surface area contributed by atoms with Crippen LogP contribution in [0, 0.1) is 12.7 Å². The molecule has 1 saturated carbocycles. The van der Waals surface area contributed by atoms with Crippen molar-refractivity contribution in [2.75, 3.05) is 7.11 Å². The lowest BCUT2D eigenvalue weighted by atomic mass is 9.87. The minimum atomic E-state index is -3.04. The van der Waals surface area contributed by atoms with E-state index in [4.69, 9.17) is 10.5 Å². The molecule has 0 unspecified atom stereocenters. The molecule has 1 aromatic carbocycles. The molecular formula is C26H25F3N4O2S. The highest BCUT2D eigenvalue weighted by Gasteiger charge is 2.46. The number of halogens is 3. The molecule has 3 heterocycles. The first-order valence-electron chi connectivity index (χ1n) is 11.5. The number of amides is 1. The van der Waals surface area contributed by atoms with Crippen LogP contribution in [0.15, 0.2) is 48.8 Å². The van der Waals surface area contributed by atoms with Crippen LogP contribution in [0.2, 0.25) is 0 Å². The molecule has 0 bridgehead atoms. The van der Waals surface area contributed by atoms with E-state index in [1.165, 1.54) is 23.5 Å². The van der Waals surface area contributed by atoms with E-state index in [9.17, 15) is 18.0 Å². The van der Waals surface area contributed by atoms with E-state index >= 15 is 0 Å². The van der Waals surface area contributed by atoms with Crippen LogP contribution in [-0.4, -0.2) is 40.6 Å². The second-order valence-electron chi connectivity index (χ2n) is 9.00. The number of pyridine rings is 1. The number of thiophene rings is 1. The van der Waals surface area contributed by atoms with E-state index in [0.29, 0.717) is 29.0 Å². The van der Waals surface area contributed by atoms with E-state index < -0.39 is 23.9 Å².